The molecule has 2 aromatic carbocycles. The molecule has 0 radical (unpaired) electrons. The van der Waals surface area contributed by atoms with Gasteiger partial charge >= 0.3 is 5.97 Å². The number of benzene rings is 2. The zero-order valence-corrected chi connectivity index (χ0v) is 13.3. The molecule has 0 unspecified atom stereocenters. The molecule has 7 heteroatoms. The summed E-state index contributed by atoms with van der Waals surface area (Å²) in [4.78, 5) is 24.1. The van der Waals surface area contributed by atoms with Crippen LogP contribution in [0.25, 0.3) is 11.0 Å². The van der Waals surface area contributed by atoms with Crippen LogP contribution < -0.4 is 10.2 Å². The minimum atomic E-state index is -1.03. The first-order chi connectivity index (χ1) is 12.0. The van der Waals surface area contributed by atoms with Crippen molar-refractivity contribution in [2.45, 2.75) is 12.3 Å². The summed E-state index contributed by atoms with van der Waals surface area (Å²) in [6.45, 7) is 0. The van der Waals surface area contributed by atoms with Gasteiger partial charge in [-0.2, -0.15) is 0 Å². The molecule has 0 saturated carbocycles. The molecule has 4 rings (SSSR count). The van der Waals surface area contributed by atoms with E-state index in [1.165, 1.54) is 18.2 Å². The summed E-state index contributed by atoms with van der Waals surface area (Å²) in [7, 11) is 0. The first-order valence-corrected chi connectivity index (χ1v) is 7.73. The van der Waals surface area contributed by atoms with Gasteiger partial charge in [-0.1, -0.05) is 17.7 Å². The van der Waals surface area contributed by atoms with Crippen LogP contribution >= 0.6 is 11.6 Å². The third-order valence-electron chi connectivity index (χ3n) is 4.19. The van der Waals surface area contributed by atoms with Crippen LogP contribution in [-0.4, -0.2) is 5.97 Å². The van der Waals surface area contributed by atoms with Gasteiger partial charge in [0.2, 0.25) is 5.43 Å². The van der Waals surface area contributed by atoms with E-state index in [1.54, 1.807) is 0 Å². The Morgan fingerprint density at radius 2 is 1.88 bits per heavy atom. The number of hydrogen-bond donors (Lipinski definition) is 0. The Hall–Kier alpha value is -2.73. The van der Waals surface area contributed by atoms with E-state index in [0.717, 1.165) is 18.4 Å². The molecule has 2 heterocycles. The van der Waals surface area contributed by atoms with E-state index in [9.17, 15) is 18.4 Å². The van der Waals surface area contributed by atoms with E-state index in [4.69, 9.17) is 20.8 Å². The molecule has 1 atom stereocenters. The fourth-order valence-electron chi connectivity index (χ4n) is 3.05. The SMILES string of the molecule is O=C1C[C@@H](c2ccc(F)c(F)c2)c2c(ccc3c(=O)c(Cl)coc23)O1. The summed E-state index contributed by atoms with van der Waals surface area (Å²) in [5.74, 6) is -2.96. The number of ether oxygens (including phenoxy) is 1. The maximum absolute atomic E-state index is 13.7. The Morgan fingerprint density at radius 1 is 1.08 bits per heavy atom. The summed E-state index contributed by atoms with van der Waals surface area (Å²) in [6.07, 6.45) is 1.01. The highest BCUT2D eigenvalue weighted by molar-refractivity contribution is 6.30. The normalized spacial score (nSPS) is 16.6. The van der Waals surface area contributed by atoms with Crippen molar-refractivity contribution in [2.24, 2.45) is 0 Å². The molecule has 0 aliphatic carbocycles. The predicted molar refractivity (Wildman–Crippen MR) is 85.9 cm³/mol. The second-order valence-electron chi connectivity index (χ2n) is 5.67. The number of fused-ring (bicyclic) bond motifs is 3. The fraction of sp³-hybridized carbons (Fsp3) is 0.111. The lowest BCUT2D eigenvalue weighted by atomic mass is 9.85. The number of halogens is 3. The van der Waals surface area contributed by atoms with Crippen LogP contribution in [0.1, 0.15) is 23.5 Å². The predicted octanol–water partition coefficient (Wildman–Crippen LogP) is 4.17. The number of carbonyl (C=O) groups excluding carboxylic acids is 1. The van der Waals surface area contributed by atoms with Gasteiger partial charge in [-0.05, 0) is 29.8 Å². The zero-order valence-electron chi connectivity index (χ0n) is 12.5. The van der Waals surface area contributed by atoms with E-state index < -0.39 is 29.0 Å². The van der Waals surface area contributed by atoms with Crippen molar-refractivity contribution in [1.82, 2.24) is 0 Å². The van der Waals surface area contributed by atoms with Crippen LogP contribution in [0.5, 0.6) is 5.75 Å². The largest absolute Gasteiger partial charge is 0.462 e. The lowest BCUT2D eigenvalue weighted by Gasteiger charge is -2.25. The topological polar surface area (TPSA) is 56.5 Å². The van der Waals surface area contributed by atoms with Gasteiger partial charge in [-0.25, -0.2) is 8.78 Å². The Balaban J connectivity index is 2.02. The molecule has 126 valence electrons. The van der Waals surface area contributed by atoms with Crippen LogP contribution in [-0.2, 0) is 4.79 Å². The zero-order chi connectivity index (χ0) is 17.7. The Labute approximate surface area is 144 Å². The Bertz CT molecular complexity index is 1090. The highest BCUT2D eigenvalue weighted by Crippen LogP contribution is 2.42. The molecule has 0 saturated heterocycles. The van der Waals surface area contributed by atoms with Crippen LogP contribution in [0.15, 0.2) is 45.8 Å². The van der Waals surface area contributed by atoms with Crippen molar-refractivity contribution in [1.29, 1.82) is 0 Å². The van der Waals surface area contributed by atoms with E-state index in [0.29, 0.717) is 11.1 Å². The van der Waals surface area contributed by atoms with Crippen molar-refractivity contribution in [3.63, 3.8) is 0 Å². The number of hydrogen-bond acceptors (Lipinski definition) is 4. The lowest BCUT2D eigenvalue weighted by molar-refractivity contribution is -0.135. The van der Waals surface area contributed by atoms with E-state index in [2.05, 4.69) is 0 Å². The first kappa shape index (κ1) is 15.8. The minimum absolute atomic E-state index is 0.0790. The van der Waals surface area contributed by atoms with Gasteiger partial charge in [0, 0.05) is 11.5 Å². The van der Waals surface area contributed by atoms with Crippen LogP contribution in [0, 0.1) is 11.6 Å². The van der Waals surface area contributed by atoms with Crippen molar-refractivity contribution in [3.8, 4) is 5.75 Å². The van der Waals surface area contributed by atoms with Gasteiger partial charge in [-0.3, -0.25) is 9.59 Å². The average Bonchev–Trinajstić information content (AvgIpc) is 2.59. The summed E-state index contributed by atoms with van der Waals surface area (Å²) in [6, 6.07) is 6.32. The third kappa shape index (κ3) is 2.49. The van der Waals surface area contributed by atoms with E-state index >= 15 is 0 Å². The summed E-state index contributed by atoms with van der Waals surface area (Å²) in [5, 5.41) is 0.140. The van der Waals surface area contributed by atoms with Gasteiger partial charge in [0.15, 0.2) is 11.6 Å². The molecule has 0 N–H and O–H groups in total. The quantitative estimate of drug-likeness (QED) is 0.481. The molecule has 25 heavy (non-hydrogen) atoms. The average molecular weight is 363 g/mol. The molecular weight excluding hydrogens is 354 g/mol. The van der Waals surface area contributed by atoms with E-state index in [1.807, 2.05) is 0 Å². The maximum Gasteiger partial charge on any atom is 0.312 e. The van der Waals surface area contributed by atoms with Crippen LogP contribution in [0.2, 0.25) is 5.02 Å². The summed E-state index contributed by atoms with van der Waals surface area (Å²) in [5.41, 5.74) is 0.583. The molecule has 4 nitrogen and oxygen atoms in total. The summed E-state index contributed by atoms with van der Waals surface area (Å²) >= 11 is 5.80. The van der Waals surface area contributed by atoms with Gasteiger partial charge < -0.3 is 9.15 Å². The monoisotopic (exact) mass is 362 g/mol. The van der Waals surface area contributed by atoms with Gasteiger partial charge in [0.25, 0.3) is 0 Å². The highest BCUT2D eigenvalue weighted by atomic mass is 35.5. The second-order valence-corrected chi connectivity index (χ2v) is 6.08. The number of esters is 1. The molecule has 1 aliphatic rings. The molecular formula is C18H9ClF2O4. The standard InChI is InChI=1S/C18H9ClF2O4/c19-11-7-24-18-9(17(11)23)2-4-14-16(18)10(6-15(22)25-14)8-1-3-12(20)13(21)5-8/h1-5,7,10H,6H2/t10-/m0/s1. The second kappa shape index (κ2) is 5.67. The van der Waals surface area contributed by atoms with Crippen LogP contribution in [0.3, 0.4) is 0 Å². The van der Waals surface area contributed by atoms with Crippen LogP contribution in [0.4, 0.5) is 8.78 Å². The molecule has 0 bridgehead atoms. The third-order valence-corrected chi connectivity index (χ3v) is 4.45. The van der Waals surface area contributed by atoms with Crippen molar-refractivity contribution < 1.29 is 22.7 Å². The van der Waals surface area contributed by atoms with Gasteiger partial charge in [0.1, 0.15) is 22.6 Å². The smallest absolute Gasteiger partial charge is 0.312 e. The summed E-state index contributed by atoms with van der Waals surface area (Å²) < 4.78 is 37.6. The lowest BCUT2D eigenvalue weighted by Crippen LogP contribution is -2.22. The van der Waals surface area contributed by atoms with Crippen molar-refractivity contribution in [2.75, 3.05) is 0 Å². The number of rotatable bonds is 1. The maximum atomic E-state index is 13.7. The molecule has 0 spiro atoms. The molecule has 1 aliphatic heterocycles. The Kier molecular flexibility index (Phi) is 3.58. The van der Waals surface area contributed by atoms with Crippen molar-refractivity contribution in [3.05, 3.63) is 74.6 Å². The molecule has 1 aromatic heterocycles. The minimum Gasteiger partial charge on any atom is -0.462 e. The van der Waals surface area contributed by atoms with Gasteiger partial charge in [-0.15, -0.1) is 0 Å². The first-order valence-electron chi connectivity index (χ1n) is 7.35. The molecule has 3 aromatic rings. The molecule has 0 fully saturated rings. The van der Waals surface area contributed by atoms with Crippen molar-refractivity contribution >= 4 is 28.5 Å². The van der Waals surface area contributed by atoms with Gasteiger partial charge in [0.05, 0.1) is 11.8 Å². The van der Waals surface area contributed by atoms with E-state index in [-0.39, 0.29) is 28.2 Å². The molecule has 0 amide bonds. The fourth-order valence-corrected chi connectivity index (χ4v) is 3.19. The number of carbonyl (C=O) groups is 1. The Morgan fingerprint density at radius 3 is 2.64 bits per heavy atom. The highest BCUT2D eigenvalue weighted by Gasteiger charge is 2.32.